The zero-order chi connectivity index (χ0) is 13.6. The predicted octanol–water partition coefficient (Wildman–Crippen LogP) is 2.15. The Labute approximate surface area is 117 Å². The van der Waals surface area contributed by atoms with Crippen LogP contribution in [-0.2, 0) is 4.79 Å². The third-order valence-corrected chi connectivity index (χ3v) is 5.73. The van der Waals surface area contributed by atoms with Crippen LogP contribution in [-0.4, -0.2) is 28.9 Å². The zero-order valence-corrected chi connectivity index (χ0v) is 12.0. The van der Waals surface area contributed by atoms with E-state index in [1.54, 1.807) is 11.8 Å². The first kappa shape index (κ1) is 13.0. The molecule has 1 heterocycles. The summed E-state index contributed by atoms with van der Waals surface area (Å²) in [6.07, 6.45) is 0.364. The van der Waals surface area contributed by atoms with Crippen LogP contribution in [0.2, 0.25) is 0 Å². The summed E-state index contributed by atoms with van der Waals surface area (Å²) in [5.41, 5.74) is 0.934. The average molecular weight is 277 g/mol. The van der Waals surface area contributed by atoms with Gasteiger partial charge in [0.15, 0.2) is 0 Å². The summed E-state index contributed by atoms with van der Waals surface area (Å²) in [5, 5.41) is 12.8. The predicted molar refractivity (Wildman–Crippen MR) is 76.2 cm³/mol. The molecule has 19 heavy (non-hydrogen) atoms. The van der Waals surface area contributed by atoms with Crippen molar-refractivity contribution in [2.24, 2.45) is 5.41 Å². The Morgan fingerprint density at radius 1 is 1.42 bits per heavy atom. The quantitative estimate of drug-likeness (QED) is 0.871. The highest BCUT2D eigenvalue weighted by Crippen LogP contribution is 2.42. The Bertz CT molecular complexity index is 515. The van der Waals surface area contributed by atoms with E-state index < -0.39 is 0 Å². The van der Waals surface area contributed by atoms with Crippen molar-refractivity contribution in [3.63, 3.8) is 0 Å². The van der Waals surface area contributed by atoms with Crippen molar-refractivity contribution >= 4 is 17.7 Å². The molecule has 0 spiro atoms. The largest absolute Gasteiger partial charge is 0.392 e. The van der Waals surface area contributed by atoms with E-state index in [1.807, 2.05) is 32.0 Å². The molecule has 1 saturated carbocycles. The summed E-state index contributed by atoms with van der Waals surface area (Å²) >= 11 is 1.75. The molecule has 2 aliphatic rings. The topological polar surface area (TPSA) is 49.3 Å². The van der Waals surface area contributed by atoms with Gasteiger partial charge in [0.25, 0.3) is 0 Å². The fraction of sp³-hybridized carbons (Fsp3) is 0.533. The lowest BCUT2D eigenvalue weighted by atomic mass is 9.64. The number of thioether (sulfide) groups is 1. The molecule has 0 saturated heterocycles. The molecule has 1 fully saturated rings. The summed E-state index contributed by atoms with van der Waals surface area (Å²) in [7, 11) is 0. The van der Waals surface area contributed by atoms with E-state index in [0.29, 0.717) is 6.42 Å². The minimum Gasteiger partial charge on any atom is -0.392 e. The monoisotopic (exact) mass is 277 g/mol. The van der Waals surface area contributed by atoms with Crippen molar-refractivity contribution in [3.05, 3.63) is 29.8 Å². The first-order valence-electron chi connectivity index (χ1n) is 6.70. The molecule has 3 unspecified atom stereocenters. The van der Waals surface area contributed by atoms with Gasteiger partial charge < -0.3 is 10.4 Å². The van der Waals surface area contributed by atoms with E-state index in [4.69, 9.17) is 0 Å². The second-order valence-corrected chi connectivity index (χ2v) is 7.10. The van der Waals surface area contributed by atoms with E-state index in [2.05, 4.69) is 11.4 Å². The van der Waals surface area contributed by atoms with E-state index in [-0.39, 0.29) is 29.4 Å². The van der Waals surface area contributed by atoms with Crippen molar-refractivity contribution in [2.75, 3.05) is 5.75 Å². The van der Waals surface area contributed by atoms with Crippen LogP contribution in [0.4, 0.5) is 0 Å². The molecule has 0 radical (unpaired) electrons. The van der Waals surface area contributed by atoms with Crippen molar-refractivity contribution in [1.82, 2.24) is 5.32 Å². The van der Waals surface area contributed by atoms with Gasteiger partial charge in [-0.15, -0.1) is 11.8 Å². The van der Waals surface area contributed by atoms with E-state index >= 15 is 0 Å². The Kier molecular flexibility index (Phi) is 3.10. The van der Waals surface area contributed by atoms with Gasteiger partial charge in [0.1, 0.15) is 0 Å². The van der Waals surface area contributed by atoms with E-state index in [9.17, 15) is 9.90 Å². The summed E-state index contributed by atoms with van der Waals surface area (Å²) < 4.78 is 0. The van der Waals surface area contributed by atoms with Crippen LogP contribution in [0, 0.1) is 5.41 Å². The lowest BCUT2D eigenvalue weighted by molar-refractivity contribution is -0.130. The molecule has 0 aromatic heterocycles. The highest BCUT2D eigenvalue weighted by molar-refractivity contribution is 7.99. The van der Waals surface area contributed by atoms with Crippen LogP contribution in [0.1, 0.15) is 31.7 Å². The zero-order valence-electron chi connectivity index (χ0n) is 11.2. The molecule has 2 N–H and O–H groups in total. The Balaban J connectivity index is 1.70. The summed E-state index contributed by atoms with van der Waals surface area (Å²) in [5.74, 6) is 0.873. The van der Waals surface area contributed by atoms with Gasteiger partial charge in [-0.25, -0.2) is 0 Å². The molecule has 3 nitrogen and oxygen atoms in total. The third-order valence-electron chi connectivity index (χ3n) is 4.55. The molecule has 0 bridgehead atoms. The van der Waals surface area contributed by atoms with Crippen LogP contribution in [0.15, 0.2) is 29.2 Å². The molecular formula is C15H19NO2S. The number of hydrogen-bond donors (Lipinski definition) is 2. The first-order valence-corrected chi connectivity index (χ1v) is 7.69. The van der Waals surface area contributed by atoms with E-state index in [0.717, 1.165) is 11.3 Å². The van der Waals surface area contributed by atoms with Gasteiger partial charge in [-0.05, 0) is 18.1 Å². The lowest BCUT2D eigenvalue weighted by Crippen LogP contribution is -2.61. The van der Waals surface area contributed by atoms with Gasteiger partial charge in [-0.2, -0.15) is 0 Å². The number of carbonyl (C=O) groups excluding carboxylic acids is 1. The molecule has 1 aliphatic carbocycles. The molecular weight excluding hydrogens is 258 g/mol. The van der Waals surface area contributed by atoms with Gasteiger partial charge in [0, 0.05) is 22.1 Å². The minimum absolute atomic E-state index is 0.0465. The molecule has 3 atom stereocenters. The Morgan fingerprint density at radius 3 is 2.84 bits per heavy atom. The van der Waals surface area contributed by atoms with Crippen LogP contribution >= 0.6 is 11.8 Å². The molecule has 1 amide bonds. The van der Waals surface area contributed by atoms with Gasteiger partial charge in [0.2, 0.25) is 5.91 Å². The molecule has 1 aliphatic heterocycles. The maximum Gasteiger partial charge on any atom is 0.228 e. The number of benzene rings is 1. The maximum atomic E-state index is 12.4. The average Bonchev–Trinajstić information content (AvgIpc) is 2.82. The van der Waals surface area contributed by atoms with Gasteiger partial charge in [-0.3, -0.25) is 4.79 Å². The molecule has 1 aromatic carbocycles. The smallest absolute Gasteiger partial charge is 0.228 e. The van der Waals surface area contributed by atoms with Gasteiger partial charge >= 0.3 is 0 Å². The Morgan fingerprint density at radius 2 is 2.16 bits per heavy atom. The minimum atomic E-state index is -0.303. The van der Waals surface area contributed by atoms with Gasteiger partial charge in [0.05, 0.1) is 12.0 Å². The van der Waals surface area contributed by atoms with E-state index in [1.165, 1.54) is 4.90 Å². The fourth-order valence-electron chi connectivity index (χ4n) is 2.80. The number of fused-ring (bicyclic) bond motifs is 1. The molecule has 4 heteroatoms. The van der Waals surface area contributed by atoms with Crippen molar-refractivity contribution in [1.29, 1.82) is 0 Å². The number of rotatable bonds is 2. The number of nitrogens with one attached hydrogen (secondary N) is 1. The number of aliphatic hydroxyl groups excluding tert-OH is 1. The highest BCUT2D eigenvalue weighted by Gasteiger charge is 2.48. The van der Waals surface area contributed by atoms with Crippen LogP contribution in [0.3, 0.4) is 0 Å². The lowest BCUT2D eigenvalue weighted by Gasteiger charge is -2.49. The number of hydrogen-bond acceptors (Lipinski definition) is 3. The van der Waals surface area contributed by atoms with Crippen LogP contribution in [0.25, 0.3) is 0 Å². The standard InChI is InChI=1S/C15H19NO2S/c1-15(2)12(7-13(15)17)16-14(18)10-8-19-11-6-4-3-5-9(10)11/h3-6,10,12-13,17H,7-8H2,1-2H3,(H,16,18). The van der Waals surface area contributed by atoms with Crippen LogP contribution in [0.5, 0.6) is 0 Å². The third kappa shape index (κ3) is 2.07. The molecule has 3 rings (SSSR count). The fourth-order valence-corrected chi connectivity index (χ4v) is 4.03. The number of carbonyl (C=O) groups is 1. The number of amides is 1. The first-order chi connectivity index (χ1) is 9.00. The van der Waals surface area contributed by atoms with Crippen molar-refractivity contribution in [3.8, 4) is 0 Å². The normalized spacial score (nSPS) is 31.4. The van der Waals surface area contributed by atoms with Crippen molar-refractivity contribution in [2.45, 2.75) is 43.2 Å². The van der Waals surface area contributed by atoms with Gasteiger partial charge in [-0.1, -0.05) is 32.0 Å². The second-order valence-electron chi connectivity index (χ2n) is 6.04. The summed E-state index contributed by atoms with van der Waals surface area (Å²) in [6, 6.07) is 8.21. The van der Waals surface area contributed by atoms with Crippen molar-refractivity contribution < 1.29 is 9.90 Å². The van der Waals surface area contributed by atoms with Crippen LogP contribution < -0.4 is 5.32 Å². The molecule has 1 aromatic rings. The highest BCUT2D eigenvalue weighted by atomic mass is 32.2. The number of aliphatic hydroxyl groups is 1. The second kappa shape index (κ2) is 4.53. The summed E-state index contributed by atoms with van der Waals surface area (Å²) in [4.78, 5) is 13.6. The maximum absolute atomic E-state index is 12.4. The Hall–Kier alpha value is -1.00. The SMILES string of the molecule is CC1(C)C(O)CC1NC(=O)C1CSc2ccccc21. The molecule has 102 valence electrons. The summed E-state index contributed by atoms with van der Waals surface area (Å²) in [6.45, 7) is 4.01.